The Hall–Kier alpha value is -5.24. The molecule has 12 N–H and O–H groups in total. The number of benzene rings is 2. The van der Waals surface area contributed by atoms with Gasteiger partial charge in [0, 0.05) is 45.0 Å². The van der Waals surface area contributed by atoms with Gasteiger partial charge < -0.3 is 53.0 Å². The number of anilines is 2. The summed E-state index contributed by atoms with van der Waals surface area (Å²) in [6.45, 7) is 0. The number of hydrogen-bond donors (Lipinski definition) is 10. The minimum absolute atomic E-state index is 0.169. The van der Waals surface area contributed by atoms with E-state index in [1.807, 2.05) is 0 Å². The fourth-order valence-electron chi connectivity index (χ4n) is 3.69. The molecule has 0 aromatic heterocycles. The summed E-state index contributed by atoms with van der Waals surface area (Å²) in [6, 6.07) is 4.55. The molecule has 0 aliphatic rings. The smallest absolute Gasteiger partial charge is 0.326 e. The maximum atomic E-state index is 12.4. The van der Waals surface area contributed by atoms with Crippen molar-refractivity contribution in [2.45, 2.75) is 56.7 Å². The van der Waals surface area contributed by atoms with Crippen LogP contribution in [0.3, 0.4) is 0 Å². The number of halogens is 2. The molecule has 3 amide bonds. The van der Waals surface area contributed by atoms with Crippen LogP contribution in [0.15, 0.2) is 45.3 Å². The number of nitrogens with two attached hydrogens (primary N) is 2. The first-order valence-electron chi connectivity index (χ1n) is 13.9. The van der Waals surface area contributed by atoms with E-state index in [1.54, 1.807) is 0 Å². The molecule has 0 saturated carbocycles. The van der Waals surface area contributed by atoms with Crippen molar-refractivity contribution in [3.8, 4) is 0 Å². The molecule has 0 aliphatic heterocycles. The Balaban J connectivity index is 0.000000510. The Bertz CT molecular complexity index is 1550. The molecule has 20 heteroatoms. The predicted octanol–water partition coefficient (Wildman–Crippen LogP) is 1.51. The lowest BCUT2D eigenvalue weighted by Crippen LogP contribution is -2.51. The van der Waals surface area contributed by atoms with Gasteiger partial charge >= 0.3 is 29.8 Å². The molecule has 0 spiro atoms. The maximum Gasteiger partial charge on any atom is 0.326 e. The number of carbonyl (C=O) groups is 8. The quantitative estimate of drug-likeness (QED) is 0.101. The second-order valence-electron chi connectivity index (χ2n) is 10.1. The van der Waals surface area contributed by atoms with E-state index in [-0.39, 0.29) is 36.8 Å². The molecule has 18 nitrogen and oxygen atoms in total. The fraction of sp³-hybridized carbons (Fsp3) is 0.310. The van der Waals surface area contributed by atoms with Gasteiger partial charge in [-0.1, -0.05) is 0 Å². The van der Waals surface area contributed by atoms with Crippen molar-refractivity contribution >= 4 is 90.8 Å². The normalized spacial score (nSPS) is 12.1. The van der Waals surface area contributed by atoms with Gasteiger partial charge in [0.1, 0.15) is 18.1 Å². The summed E-state index contributed by atoms with van der Waals surface area (Å²) in [5.74, 6) is -8.55. The largest absolute Gasteiger partial charge is 0.481 e. The second-order valence-corrected chi connectivity index (χ2v) is 11.8. The molecule has 0 aliphatic carbocycles. The number of rotatable bonds is 17. The number of carboxylic acid groups (broad SMARTS) is 5. The van der Waals surface area contributed by atoms with Crippen LogP contribution >= 0.6 is 31.9 Å². The summed E-state index contributed by atoms with van der Waals surface area (Å²) in [5, 5.41) is 50.9. The zero-order chi connectivity index (χ0) is 37.4. The highest BCUT2D eigenvalue weighted by Gasteiger charge is 2.28. The van der Waals surface area contributed by atoms with Crippen LogP contribution in [0.4, 0.5) is 11.4 Å². The fourth-order valence-corrected chi connectivity index (χ4v) is 4.88. The van der Waals surface area contributed by atoms with Crippen molar-refractivity contribution in [3.63, 3.8) is 0 Å². The maximum absolute atomic E-state index is 12.4. The van der Waals surface area contributed by atoms with E-state index in [1.165, 1.54) is 36.4 Å². The molecule has 0 radical (unpaired) electrons. The number of hydrogen-bond acceptors (Lipinski definition) is 10. The monoisotopic (exact) mass is 817 g/mol. The number of carboxylic acids is 5. The molecule has 0 heterocycles. The molecule has 3 atom stereocenters. The Labute approximate surface area is 294 Å². The highest BCUT2D eigenvalue weighted by Crippen LogP contribution is 2.29. The van der Waals surface area contributed by atoms with Gasteiger partial charge in [0.25, 0.3) is 11.8 Å². The minimum Gasteiger partial charge on any atom is -0.481 e. The number of nitrogen functional groups attached to an aromatic ring is 2. The highest BCUT2D eigenvalue weighted by molar-refractivity contribution is 9.11. The zero-order valence-corrected chi connectivity index (χ0v) is 28.5. The number of nitrogens with one attached hydrogen (secondary N) is 3. The van der Waals surface area contributed by atoms with Crippen LogP contribution in [0.2, 0.25) is 0 Å². The first kappa shape index (κ1) is 41.8. The van der Waals surface area contributed by atoms with E-state index in [0.29, 0.717) is 20.3 Å². The average molecular weight is 819 g/mol. The molecule has 2 aromatic carbocycles. The lowest BCUT2D eigenvalue weighted by molar-refractivity contribution is -0.144. The number of amides is 3. The van der Waals surface area contributed by atoms with Gasteiger partial charge in [-0.25, -0.2) is 9.59 Å². The average Bonchev–Trinajstić information content (AvgIpc) is 3.01. The van der Waals surface area contributed by atoms with Gasteiger partial charge in [-0.15, -0.1) is 0 Å². The second kappa shape index (κ2) is 20.2. The van der Waals surface area contributed by atoms with Crippen LogP contribution in [0.1, 0.15) is 59.2 Å². The van der Waals surface area contributed by atoms with Crippen LogP contribution in [0.5, 0.6) is 0 Å². The van der Waals surface area contributed by atoms with Crippen LogP contribution < -0.4 is 27.4 Å². The lowest BCUT2D eigenvalue weighted by Gasteiger charge is -2.21. The summed E-state index contributed by atoms with van der Waals surface area (Å²) in [5.41, 5.74) is 12.4. The number of aliphatic carboxylic acids is 5. The van der Waals surface area contributed by atoms with Crippen LogP contribution in [-0.4, -0.2) is 91.2 Å². The minimum atomic E-state index is -1.50. The van der Waals surface area contributed by atoms with Crippen molar-refractivity contribution in [3.05, 3.63) is 56.5 Å². The molecule has 0 bridgehead atoms. The number of carbonyl (C=O) groups excluding carboxylic acids is 3. The first-order valence-corrected chi connectivity index (χ1v) is 15.5. The Kier molecular flexibility index (Phi) is 17.2. The Morgan fingerprint density at radius 2 is 0.939 bits per heavy atom. The summed E-state index contributed by atoms with van der Waals surface area (Å²) < 4.78 is 0.971. The molecular formula is C29H33Br2N5O13. The van der Waals surface area contributed by atoms with E-state index in [4.69, 9.17) is 37.0 Å². The van der Waals surface area contributed by atoms with Gasteiger partial charge in [-0.3, -0.25) is 28.8 Å². The molecule has 0 saturated heterocycles. The summed E-state index contributed by atoms with van der Waals surface area (Å²) >= 11 is 6.36. The van der Waals surface area contributed by atoms with Gasteiger partial charge in [0.2, 0.25) is 5.91 Å². The van der Waals surface area contributed by atoms with E-state index in [9.17, 15) is 38.4 Å². The van der Waals surface area contributed by atoms with E-state index in [2.05, 4.69) is 47.8 Å². The van der Waals surface area contributed by atoms with Gasteiger partial charge in [0.05, 0.1) is 5.69 Å². The molecule has 2 aromatic rings. The SMILES string of the molecule is Nc1c(Br)cc(C(=O)N[C@@H](CCC(=O)O)C(=O)O)cc1Br.Nc1ccc(C(=O)N[C@@H](CCC(=O)O)C(=O)N[C@@H](CCC(=O)O)C(=O)O)cc1. The first-order chi connectivity index (χ1) is 22.8. The van der Waals surface area contributed by atoms with Crippen molar-refractivity contribution < 1.29 is 63.9 Å². The van der Waals surface area contributed by atoms with E-state index < -0.39 is 78.5 Å². The molecule has 266 valence electrons. The van der Waals surface area contributed by atoms with Crippen LogP contribution in [0, 0.1) is 0 Å². The predicted molar refractivity (Wildman–Crippen MR) is 177 cm³/mol. The van der Waals surface area contributed by atoms with Gasteiger partial charge in [-0.2, -0.15) is 0 Å². The van der Waals surface area contributed by atoms with E-state index in [0.717, 1.165) is 0 Å². The third kappa shape index (κ3) is 15.5. The summed E-state index contributed by atoms with van der Waals surface area (Å²) in [4.78, 5) is 90.8. The van der Waals surface area contributed by atoms with Crippen molar-refractivity contribution in [1.29, 1.82) is 0 Å². The summed E-state index contributed by atoms with van der Waals surface area (Å²) in [6.07, 6.45) is -2.15. The molecular weight excluding hydrogens is 786 g/mol. The molecule has 0 unspecified atom stereocenters. The topological polar surface area (TPSA) is 326 Å². The van der Waals surface area contributed by atoms with Crippen molar-refractivity contribution in [2.24, 2.45) is 0 Å². The van der Waals surface area contributed by atoms with Crippen LogP contribution in [-0.2, 0) is 28.8 Å². The standard InChI is InChI=1S/C17H21N3O8.C12H12Br2N2O5/c18-10-3-1-9(2-4-10)15(25)19-11(5-7-13(21)22)16(26)20-12(17(27)28)6-8-14(23)24;13-6-3-5(4-7(14)10(6)15)11(19)16-8(12(20)21)1-2-9(17)18/h1-4,11-12H,5-8,18H2,(H,19,25)(H,20,26)(H,21,22)(H,23,24)(H,27,28);3-4,8H,1-2,15H2,(H,16,19)(H,17,18)(H,20,21)/t11-,12-;8-/m00/s1. The molecule has 0 fully saturated rings. The lowest BCUT2D eigenvalue weighted by atomic mass is 10.1. The zero-order valence-electron chi connectivity index (χ0n) is 25.4. The summed E-state index contributed by atoms with van der Waals surface area (Å²) in [7, 11) is 0. The molecule has 49 heavy (non-hydrogen) atoms. The third-order valence-electron chi connectivity index (χ3n) is 6.29. The van der Waals surface area contributed by atoms with Crippen molar-refractivity contribution in [1.82, 2.24) is 16.0 Å². The van der Waals surface area contributed by atoms with E-state index >= 15 is 0 Å². The van der Waals surface area contributed by atoms with Crippen molar-refractivity contribution in [2.75, 3.05) is 11.5 Å². The Morgan fingerprint density at radius 1 is 0.571 bits per heavy atom. The van der Waals surface area contributed by atoms with Gasteiger partial charge in [0.15, 0.2) is 0 Å². The molecule has 2 rings (SSSR count). The third-order valence-corrected chi connectivity index (χ3v) is 7.61. The Morgan fingerprint density at radius 3 is 1.35 bits per heavy atom. The van der Waals surface area contributed by atoms with Gasteiger partial charge in [-0.05, 0) is 87.5 Å². The highest BCUT2D eigenvalue weighted by atomic mass is 79.9. The van der Waals surface area contributed by atoms with Crippen LogP contribution in [0.25, 0.3) is 0 Å².